The van der Waals surface area contributed by atoms with Crippen molar-refractivity contribution in [3.05, 3.63) is 29.3 Å². The Balaban J connectivity index is 2.33. The molecule has 1 aromatic rings. The van der Waals surface area contributed by atoms with E-state index in [1.807, 2.05) is 19.1 Å². The second kappa shape index (κ2) is 7.58. The maximum Gasteiger partial charge on any atom is 0.225 e. The molecule has 0 aliphatic rings. The number of aliphatic hydroxyl groups excluding tert-OH is 1. The van der Waals surface area contributed by atoms with Gasteiger partial charge in [-0.15, -0.1) is 0 Å². The molecule has 1 rings (SSSR count). The van der Waals surface area contributed by atoms with Gasteiger partial charge in [0.2, 0.25) is 5.91 Å². The van der Waals surface area contributed by atoms with Gasteiger partial charge in [-0.3, -0.25) is 4.79 Å². The van der Waals surface area contributed by atoms with Crippen LogP contribution in [0.4, 0.5) is 5.69 Å². The van der Waals surface area contributed by atoms with Crippen LogP contribution in [0, 0.1) is 0 Å². The molecule has 0 saturated heterocycles. The minimum Gasteiger partial charge on any atom is -0.395 e. The van der Waals surface area contributed by atoms with Gasteiger partial charge in [-0.25, -0.2) is 0 Å². The van der Waals surface area contributed by atoms with Crippen LogP contribution in [0.15, 0.2) is 24.3 Å². The Morgan fingerprint density at radius 2 is 2.24 bits per heavy atom. The van der Waals surface area contributed by atoms with Gasteiger partial charge in [-0.05, 0) is 12.1 Å². The molecule has 0 heterocycles. The fourth-order valence-corrected chi connectivity index (χ4v) is 2.17. The molecule has 1 aromatic carbocycles. The number of carbonyl (C=O) groups is 1. The van der Waals surface area contributed by atoms with E-state index in [0.717, 1.165) is 0 Å². The Morgan fingerprint density at radius 3 is 2.88 bits per heavy atom. The summed E-state index contributed by atoms with van der Waals surface area (Å²) in [6, 6.07) is 7.14. The number of amides is 1. The molecule has 3 nitrogen and oxygen atoms in total. The van der Waals surface area contributed by atoms with Crippen LogP contribution in [-0.4, -0.2) is 28.6 Å². The number of anilines is 1. The van der Waals surface area contributed by atoms with E-state index in [1.165, 1.54) is 0 Å². The summed E-state index contributed by atoms with van der Waals surface area (Å²) in [5.74, 6) is 0.633. The van der Waals surface area contributed by atoms with Crippen molar-refractivity contribution in [2.45, 2.75) is 18.6 Å². The van der Waals surface area contributed by atoms with Crippen LogP contribution in [0.2, 0.25) is 5.02 Å². The molecule has 94 valence electrons. The van der Waals surface area contributed by atoms with Crippen molar-refractivity contribution in [3.63, 3.8) is 0 Å². The first kappa shape index (κ1) is 14.4. The fraction of sp³-hybridized carbons (Fsp3) is 0.417. The van der Waals surface area contributed by atoms with Gasteiger partial charge >= 0.3 is 0 Å². The molecule has 17 heavy (non-hydrogen) atoms. The molecule has 0 aliphatic carbocycles. The summed E-state index contributed by atoms with van der Waals surface area (Å²) in [6.45, 7) is 2.06. The number of halogens is 1. The Bertz CT molecular complexity index is 373. The smallest absolute Gasteiger partial charge is 0.225 e. The van der Waals surface area contributed by atoms with Crippen LogP contribution in [0.5, 0.6) is 0 Å². The van der Waals surface area contributed by atoms with Gasteiger partial charge in [-0.2, -0.15) is 11.8 Å². The van der Waals surface area contributed by atoms with E-state index in [0.29, 0.717) is 22.9 Å². The first-order chi connectivity index (χ1) is 8.13. The highest BCUT2D eigenvalue weighted by Crippen LogP contribution is 2.20. The topological polar surface area (TPSA) is 49.3 Å². The second-order valence-electron chi connectivity index (χ2n) is 3.64. The minimum absolute atomic E-state index is 0.0595. The third-order valence-corrected chi connectivity index (χ3v) is 3.62. The van der Waals surface area contributed by atoms with E-state index in [9.17, 15) is 4.79 Å². The zero-order chi connectivity index (χ0) is 12.7. The van der Waals surface area contributed by atoms with Gasteiger partial charge in [0.1, 0.15) is 0 Å². The van der Waals surface area contributed by atoms with Crippen LogP contribution in [0.1, 0.15) is 13.3 Å². The van der Waals surface area contributed by atoms with E-state index in [1.54, 1.807) is 23.9 Å². The Hall–Kier alpha value is -0.710. The average molecular weight is 274 g/mol. The predicted molar refractivity (Wildman–Crippen MR) is 73.7 cm³/mol. The maximum absolute atomic E-state index is 11.6. The highest BCUT2D eigenvalue weighted by atomic mass is 35.5. The number of benzene rings is 1. The van der Waals surface area contributed by atoms with E-state index < -0.39 is 0 Å². The van der Waals surface area contributed by atoms with Crippen LogP contribution >= 0.6 is 23.4 Å². The molecule has 5 heteroatoms. The molecule has 0 radical (unpaired) electrons. The predicted octanol–water partition coefficient (Wildman–Crippen LogP) is 2.78. The molecule has 2 N–H and O–H groups in total. The molecule has 0 spiro atoms. The lowest BCUT2D eigenvalue weighted by molar-refractivity contribution is -0.115. The lowest BCUT2D eigenvalue weighted by Gasteiger charge is -2.08. The summed E-state index contributed by atoms with van der Waals surface area (Å²) in [6.07, 6.45) is 0.417. The van der Waals surface area contributed by atoms with Gasteiger partial charge in [0.15, 0.2) is 0 Å². The number of rotatable bonds is 6. The van der Waals surface area contributed by atoms with Crippen molar-refractivity contribution in [2.24, 2.45) is 0 Å². The summed E-state index contributed by atoms with van der Waals surface area (Å²) in [5.41, 5.74) is 0.638. The Labute approximate surface area is 111 Å². The lowest BCUT2D eigenvalue weighted by atomic mass is 10.3. The maximum atomic E-state index is 11.6. The van der Waals surface area contributed by atoms with Gasteiger partial charge in [-0.1, -0.05) is 30.7 Å². The quantitative estimate of drug-likeness (QED) is 0.838. The average Bonchev–Trinajstić information content (AvgIpc) is 2.32. The third kappa shape index (κ3) is 5.44. The molecule has 0 aromatic heterocycles. The fourth-order valence-electron chi connectivity index (χ4n) is 1.18. The number of hydrogen-bond donors (Lipinski definition) is 2. The van der Waals surface area contributed by atoms with Gasteiger partial charge in [0, 0.05) is 17.4 Å². The summed E-state index contributed by atoms with van der Waals surface area (Å²) in [4.78, 5) is 11.6. The molecule has 0 fully saturated rings. The monoisotopic (exact) mass is 273 g/mol. The lowest BCUT2D eigenvalue weighted by Crippen LogP contribution is -2.13. The molecule has 1 atom stereocenters. The number of hydrogen-bond acceptors (Lipinski definition) is 3. The minimum atomic E-state index is -0.0595. The van der Waals surface area contributed by atoms with Gasteiger partial charge in [0.05, 0.1) is 17.3 Å². The van der Waals surface area contributed by atoms with Crippen LogP contribution in [0.25, 0.3) is 0 Å². The van der Waals surface area contributed by atoms with Crippen molar-refractivity contribution in [1.29, 1.82) is 0 Å². The molecule has 1 unspecified atom stereocenters. The number of carbonyl (C=O) groups excluding carboxylic acids is 1. The molecule has 1 amide bonds. The van der Waals surface area contributed by atoms with E-state index in [4.69, 9.17) is 16.7 Å². The summed E-state index contributed by atoms with van der Waals surface area (Å²) < 4.78 is 0. The van der Waals surface area contributed by atoms with Crippen molar-refractivity contribution in [3.8, 4) is 0 Å². The van der Waals surface area contributed by atoms with E-state index >= 15 is 0 Å². The standard InChI is InChI=1S/C12H16ClNO2S/c1-9(8-15)17-7-6-12(16)14-11-5-3-2-4-10(11)13/h2-5,9,15H,6-8H2,1H3,(H,14,16). The Morgan fingerprint density at radius 1 is 1.53 bits per heavy atom. The summed E-state index contributed by atoms with van der Waals surface area (Å²) in [7, 11) is 0. The number of para-hydroxylation sites is 1. The summed E-state index contributed by atoms with van der Waals surface area (Å²) in [5, 5.41) is 12.3. The highest BCUT2D eigenvalue weighted by Gasteiger charge is 2.06. The highest BCUT2D eigenvalue weighted by molar-refractivity contribution is 7.99. The molecule has 0 saturated carbocycles. The van der Waals surface area contributed by atoms with Crippen LogP contribution in [-0.2, 0) is 4.79 Å². The van der Waals surface area contributed by atoms with Crippen LogP contribution in [0.3, 0.4) is 0 Å². The zero-order valence-electron chi connectivity index (χ0n) is 9.65. The van der Waals surface area contributed by atoms with E-state index in [2.05, 4.69) is 5.32 Å². The third-order valence-electron chi connectivity index (χ3n) is 2.14. The van der Waals surface area contributed by atoms with Crippen molar-refractivity contribution in [2.75, 3.05) is 17.7 Å². The summed E-state index contributed by atoms with van der Waals surface area (Å²) >= 11 is 7.50. The SMILES string of the molecule is CC(CO)SCCC(=O)Nc1ccccc1Cl. The largest absolute Gasteiger partial charge is 0.395 e. The Kier molecular flexibility index (Phi) is 6.40. The molecule has 0 bridgehead atoms. The van der Waals surface area contributed by atoms with Crippen molar-refractivity contribution in [1.82, 2.24) is 0 Å². The first-order valence-corrected chi connectivity index (χ1v) is 6.83. The number of nitrogens with one attached hydrogen (secondary N) is 1. The second-order valence-corrected chi connectivity index (χ2v) is 5.60. The molecule has 0 aliphatic heterocycles. The van der Waals surface area contributed by atoms with Gasteiger partial charge in [0.25, 0.3) is 0 Å². The van der Waals surface area contributed by atoms with Gasteiger partial charge < -0.3 is 10.4 Å². The normalized spacial score (nSPS) is 12.2. The number of aliphatic hydroxyl groups is 1. The molecular weight excluding hydrogens is 258 g/mol. The van der Waals surface area contributed by atoms with E-state index in [-0.39, 0.29) is 17.8 Å². The van der Waals surface area contributed by atoms with Crippen LogP contribution < -0.4 is 5.32 Å². The van der Waals surface area contributed by atoms with Crippen molar-refractivity contribution >= 4 is 35.0 Å². The number of thioether (sulfide) groups is 1. The molecular formula is C12H16ClNO2S. The first-order valence-electron chi connectivity index (χ1n) is 5.40. The van der Waals surface area contributed by atoms with Crippen molar-refractivity contribution < 1.29 is 9.90 Å². The zero-order valence-corrected chi connectivity index (χ0v) is 11.2.